The number of allylic oxidation sites excluding steroid dienone is 1. The van der Waals surface area contributed by atoms with Gasteiger partial charge in [0.2, 0.25) is 5.78 Å². The molecule has 0 amide bonds. The normalized spacial score (nSPS) is 15.2. The number of fused-ring (bicyclic) bond motifs is 2. The molecule has 0 aromatic heterocycles. The zero-order valence-corrected chi connectivity index (χ0v) is 19.7. The molecular formula is C26H19BrO7. The molecule has 0 fully saturated rings. The SMILES string of the molecule is COc1ccc(CC(=O)Oc2ccc3c(c2)O/C(=C\c2cc(Br)cc4c2OCOC4)C3=O)cc1. The second-order valence-corrected chi connectivity index (χ2v) is 8.61. The predicted octanol–water partition coefficient (Wildman–Crippen LogP) is 5.09. The van der Waals surface area contributed by atoms with Crippen molar-refractivity contribution in [3.63, 3.8) is 0 Å². The Balaban J connectivity index is 1.33. The number of rotatable bonds is 5. The van der Waals surface area contributed by atoms with Crippen LogP contribution in [-0.2, 0) is 22.6 Å². The van der Waals surface area contributed by atoms with E-state index in [1.54, 1.807) is 55.7 Å². The Morgan fingerprint density at radius 3 is 2.68 bits per heavy atom. The molecule has 34 heavy (non-hydrogen) atoms. The van der Waals surface area contributed by atoms with Gasteiger partial charge in [0, 0.05) is 21.7 Å². The fourth-order valence-corrected chi connectivity index (χ4v) is 4.29. The highest BCUT2D eigenvalue weighted by Crippen LogP contribution is 2.38. The number of ketones is 1. The fraction of sp³-hybridized carbons (Fsp3) is 0.154. The number of benzene rings is 3. The number of carbonyl (C=O) groups excluding carboxylic acids is 2. The zero-order chi connectivity index (χ0) is 23.7. The molecule has 2 heterocycles. The highest BCUT2D eigenvalue weighted by Gasteiger charge is 2.29. The van der Waals surface area contributed by atoms with Crippen LogP contribution in [0.1, 0.15) is 27.0 Å². The lowest BCUT2D eigenvalue weighted by atomic mass is 10.1. The lowest BCUT2D eigenvalue weighted by Crippen LogP contribution is -2.12. The zero-order valence-electron chi connectivity index (χ0n) is 18.1. The van der Waals surface area contributed by atoms with Crippen LogP contribution in [0.5, 0.6) is 23.0 Å². The molecule has 3 aromatic carbocycles. The predicted molar refractivity (Wildman–Crippen MR) is 126 cm³/mol. The van der Waals surface area contributed by atoms with E-state index in [2.05, 4.69) is 15.9 Å². The summed E-state index contributed by atoms with van der Waals surface area (Å²) in [7, 11) is 1.58. The van der Waals surface area contributed by atoms with E-state index in [0.717, 1.165) is 15.6 Å². The molecule has 0 saturated carbocycles. The van der Waals surface area contributed by atoms with Gasteiger partial charge in [0.05, 0.1) is 25.7 Å². The van der Waals surface area contributed by atoms with Crippen molar-refractivity contribution in [2.24, 2.45) is 0 Å². The number of carbonyl (C=O) groups is 2. The molecule has 0 bridgehead atoms. The van der Waals surface area contributed by atoms with Crippen molar-refractivity contribution in [1.82, 2.24) is 0 Å². The van der Waals surface area contributed by atoms with Gasteiger partial charge in [0.25, 0.3) is 0 Å². The van der Waals surface area contributed by atoms with E-state index in [0.29, 0.717) is 40.7 Å². The summed E-state index contributed by atoms with van der Waals surface area (Å²) in [5, 5.41) is 0. The van der Waals surface area contributed by atoms with Crippen molar-refractivity contribution < 1.29 is 33.3 Å². The number of Topliss-reactive ketones (excluding diaryl/α,β-unsaturated/α-hetero) is 1. The fourth-order valence-electron chi connectivity index (χ4n) is 3.77. The van der Waals surface area contributed by atoms with Gasteiger partial charge in [0.1, 0.15) is 23.0 Å². The van der Waals surface area contributed by atoms with E-state index in [9.17, 15) is 9.59 Å². The average Bonchev–Trinajstić information content (AvgIpc) is 3.13. The van der Waals surface area contributed by atoms with Crippen molar-refractivity contribution >= 4 is 33.8 Å². The molecule has 0 N–H and O–H groups in total. The number of ether oxygens (including phenoxy) is 5. The first-order valence-electron chi connectivity index (χ1n) is 10.4. The molecule has 2 aliphatic rings. The lowest BCUT2D eigenvalue weighted by Gasteiger charge is -2.20. The molecule has 0 unspecified atom stereocenters. The summed E-state index contributed by atoms with van der Waals surface area (Å²) in [6.07, 6.45) is 1.75. The average molecular weight is 523 g/mol. The van der Waals surface area contributed by atoms with Crippen LogP contribution in [0.25, 0.3) is 6.08 Å². The molecular weight excluding hydrogens is 504 g/mol. The summed E-state index contributed by atoms with van der Waals surface area (Å²) in [6.45, 7) is 0.566. The minimum absolute atomic E-state index is 0.101. The van der Waals surface area contributed by atoms with Crippen molar-refractivity contribution in [2.45, 2.75) is 13.0 Å². The van der Waals surface area contributed by atoms with Gasteiger partial charge in [-0.2, -0.15) is 0 Å². The van der Waals surface area contributed by atoms with Crippen LogP contribution >= 0.6 is 15.9 Å². The lowest BCUT2D eigenvalue weighted by molar-refractivity contribution is -0.133. The van der Waals surface area contributed by atoms with E-state index in [-0.39, 0.29) is 24.8 Å². The summed E-state index contributed by atoms with van der Waals surface area (Å²) in [6, 6.07) is 15.7. The molecule has 0 aliphatic carbocycles. The van der Waals surface area contributed by atoms with Crippen LogP contribution in [0, 0.1) is 0 Å². The third kappa shape index (κ3) is 4.55. The van der Waals surface area contributed by atoms with Gasteiger partial charge in [0.15, 0.2) is 12.6 Å². The van der Waals surface area contributed by atoms with Gasteiger partial charge in [-0.15, -0.1) is 0 Å². The molecule has 172 valence electrons. The van der Waals surface area contributed by atoms with Gasteiger partial charge < -0.3 is 23.7 Å². The topological polar surface area (TPSA) is 80.3 Å². The molecule has 5 rings (SSSR count). The Labute approximate surface area is 204 Å². The Kier molecular flexibility index (Phi) is 6.08. The maximum absolute atomic E-state index is 12.9. The Bertz CT molecular complexity index is 1310. The van der Waals surface area contributed by atoms with E-state index < -0.39 is 5.97 Å². The molecule has 2 aliphatic heterocycles. The number of esters is 1. The van der Waals surface area contributed by atoms with E-state index in [4.69, 9.17) is 23.7 Å². The quantitative estimate of drug-likeness (QED) is 0.262. The third-order valence-electron chi connectivity index (χ3n) is 5.37. The van der Waals surface area contributed by atoms with Crippen LogP contribution in [-0.4, -0.2) is 25.7 Å². The standard InChI is InChI=1S/C26H19BrO7/c1-30-19-4-2-15(3-5-19)8-24(28)33-20-6-7-21-22(12-20)34-23(25(21)29)11-16-9-18(27)10-17-13-31-14-32-26(16)17/h2-7,9-12H,8,13-14H2,1H3/b23-11-. The number of hydrogen-bond acceptors (Lipinski definition) is 7. The maximum Gasteiger partial charge on any atom is 0.315 e. The summed E-state index contributed by atoms with van der Waals surface area (Å²) >= 11 is 3.48. The summed E-state index contributed by atoms with van der Waals surface area (Å²) < 4.78 is 28.2. The molecule has 7 nitrogen and oxygen atoms in total. The van der Waals surface area contributed by atoms with Crippen LogP contribution in [0.15, 0.2) is 64.8 Å². The molecule has 3 aromatic rings. The monoisotopic (exact) mass is 522 g/mol. The van der Waals surface area contributed by atoms with Crippen LogP contribution in [0.3, 0.4) is 0 Å². The molecule has 0 spiro atoms. The van der Waals surface area contributed by atoms with Crippen LogP contribution < -0.4 is 18.9 Å². The van der Waals surface area contributed by atoms with Gasteiger partial charge in [-0.05, 0) is 48.0 Å². The Morgan fingerprint density at radius 2 is 1.88 bits per heavy atom. The first-order chi connectivity index (χ1) is 16.5. The van der Waals surface area contributed by atoms with Gasteiger partial charge in [-0.1, -0.05) is 28.1 Å². The number of methoxy groups -OCH3 is 1. The van der Waals surface area contributed by atoms with Crippen molar-refractivity contribution in [1.29, 1.82) is 0 Å². The Hall–Kier alpha value is -3.62. The van der Waals surface area contributed by atoms with Crippen molar-refractivity contribution in [3.05, 3.63) is 87.1 Å². The van der Waals surface area contributed by atoms with Crippen LogP contribution in [0.2, 0.25) is 0 Å². The molecule has 8 heteroatoms. The summed E-state index contributed by atoms with van der Waals surface area (Å²) in [4.78, 5) is 25.3. The third-order valence-corrected chi connectivity index (χ3v) is 5.83. The highest BCUT2D eigenvalue weighted by atomic mass is 79.9. The Morgan fingerprint density at radius 1 is 1.09 bits per heavy atom. The molecule has 0 atom stereocenters. The van der Waals surface area contributed by atoms with E-state index in [1.165, 1.54) is 0 Å². The number of halogens is 1. The van der Waals surface area contributed by atoms with Gasteiger partial charge in [-0.25, -0.2) is 0 Å². The maximum atomic E-state index is 12.9. The first-order valence-corrected chi connectivity index (χ1v) is 11.2. The second kappa shape index (κ2) is 9.32. The number of hydrogen-bond donors (Lipinski definition) is 0. The first kappa shape index (κ1) is 22.2. The van der Waals surface area contributed by atoms with E-state index in [1.807, 2.05) is 12.1 Å². The summed E-state index contributed by atoms with van der Waals surface area (Å²) in [5.74, 6) is 1.47. The second-order valence-electron chi connectivity index (χ2n) is 7.69. The minimum atomic E-state index is -0.426. The van der Waals surface area contributed by atoms with Crippen molar-refractivity contribution in [2.75, 3.05) is 13.9 Å². The van der Waals surface area contributed by atoms with Crippen molar-refractivity contribution in [3.8, 4) is 23.0 Å². The van der Waals surface area contributed by atoms with Crippen LogP contribution in [0.4, 0.5) is 0 Å². The largest absolute Gasteiger partial charge is 0.497 e. The molecule has 0 saturated heterocycles. The molecule has 0 radical (unpaired) electrons. The highest BCUT2D eigenvalue weighted by molar-refractivity contribution is 9.10. The van der Waals surface area contributed by atoms with Gasteiger partial charge >= 0.3 is 5.97 Å². The smallest absolute Gasteiger partial charge is 0.315 e. The van der Waals surface area contributed by atoms with Gasteiger partial charge in [-0.3, -0.25) is 9.59 Å². The summed E-state index contributed by atoms with van der Waals surface area (Å²) in [5.41, 5.74) is 2.78. The minimum Gasteiger partial charge on any atom is -0.497 e. The van der Waals surface area contributed by atoms with E-state index >= 15 is 0 Å².